The Balaban J connectivity index is 1.12. The predicted molar refractivity (Wildman–Crippen MR) is 226 cm³/mol. The van der Waals surface area contributed by atoms with E-state index in [-0.39, 0.29) is 0 Å². The summed E-state index contributed by atoms with van der Waals surface area (Å²) >= 11 is 0. The normalized spacial score (nSPS) is 14.4. The maximum atomic E-state index is 5.03. The molecule has 2 aromatic heterocycles. The minimum Gasteiger partial charge on any atom is -0.264 e. The number of rotatable bonds is 6. The summed E-state index contributed by atoms with van der Waals surface area (Å²) in [5.41, 5.74) is 16.8. The molecule has 0 saturated carbocycles. The molecule has 260 valence electrons. The second-order valence-corrected chi connectivity index (χ2v) is 14.5. The predicted octanol–water partition coefficient (Wildman–Crippen LogP) is 12.7. The van der Waals surface area contributed by atoms with Gasteiger partial charge in [-0.15, -0.1) is 0 Å². The number of hydrogen-bond donors (Lipinski definition) is 0. The fraction of sp³-hybridized carbons (Fsp3) is 0.0577. The molecule has 0 aliphatic heterocycles. The highest BCUT2D eigenvalue weighted by molar-refractivity contribution is 5.97. The molecule has 0 N–H and O–H groups in total. The van der Waals surface area contributed by atoms with Gasteiger partial charge in [0.25, 0.3) is 0 Å². The first kappa shape index (κ1) is 32.7. The van der Waals surface area contributed by atoms with Crippen LogP contribution in [0.5, 0.6) is 0 Å². The van der Waals surface area contributed by atoms with Crippen molar-refractivity contribution in [1.29, 1.82) is 0 Å². The molecule has 7 aromatic carbocycles. The number of hydrogen-bond acceptors (Lipinski definition) is 3. The van der Waals surface area contributed by atoms with Crippen molar-refractivity contribution in [2.24, 2.45) is 0 Å². The van der Waals surface area contributed by atoms with Gasteiger partial charge in [-0.25, -0.2) is 9.97 Å². The first-order chi connectivity index (χ1) is 27.1. The van der Waals surface area contributed by atoms with Gasteiger partial charge in [0.1, 0.15) is 5.82 Å². The zero-order chi connectivity index (χ0) is 36.9. The molecule has 1 aliphatic rings. The molecule has 9 aromatic rings. The van der Waals surface area contributed by atoms with Crippen LogP contribution in [0.3, 0.4) is 0 Å². The van der Waals surface area contributed by atoms with Crippen LogP contribution in [-0.4, -0.2) is 15.0 Å². The van der Waals surface area contributed by atoms with E-state index in [1.807, 2.05) is 19.3 Å². The summed E-state index contributed by atoms with van der Waals surface area (Å²) in [7, 11) is 0. The third-order valence-corrected chi connectivity index (χ3v) is 11.3. The van der Waals surface area contributed by atoms with E-state index >= 15 is 0 Å². The van der Waals surface area contributed by atoms with Crippen molar-refractivity contribution < 1.29 is 0 Å². The van der Waals surface area contributed by atoms with Crippen LogP contribution in [0, 0.1) is 13.8 Å². The van der Waals surface area contributed by atoms with Gasteiger partial charge in [-0.3, -0.25) is 4.98 Å². The zero-order valence-corrected chi connectivity index (χ0v) is 30.7. The zero-order valence-electron chi connectivity index (χ0n) is 30.7. The summed E-state index contributed by atoms with van der Waals surface area (Å²) in [6, 6.07) is 63.7. The van der Waals surface area contributed by atoms with Crippen LogP contribution in [0.1, 0.15) is 33.6 Å². The molecule has 3 heteroatoms. The first-order valence-corrected chi connectivity index (χ1v) is 18.8. The van der Waals surface area contributed by atoms with Crippen molar-refractivity contribution in [1.82, 2.24) is 15.0 Å². The van der Waals surface area contributed by atoms with Crippen LogP contribution in [0.4, 0.5) is 0 Å². The quantitative estimate of drug-likeness (QED) is 0.173. The Labute approximate surface area is 321 Å². The van der Waals surface area contributed by atoms with Crippen LogP contribution in [0.15, 0.2) is 188 Å². The summed E-state index contributed by atoms with van der Waals surface area (Å²) in [6.45, 7) is 4.15. The highest BCUT2D eigenvalue weighted by Crippen LogP contribution is 2.58. The highest BCUT2D eigenvalue weighted by Gasteiger charge is 2.47. The van der Waals surface area contributed by atoms with Crippen molar-refractivity contribution >= 4 is 10.8 Å². The van der Waals surface area contributed by atoms with Crippen molar-refractivity contribution in [3.8, 4) is 55.9 Å². The molecule has 10 rings (SSSR count). The number of aromatic nitrogens is 3. The molecule has 0 amide bonds. The molecule has 1 aliphatic carbocycles. The fourth-order valence-electron chi connectivity index (χ4n) is 8.85. The maximum Gasteiger partial charge on any atom is 0.126 e. The highest BCUT2D eigenvalue weighted by atomic mass is 14.9. The Morgan fingerprint density at radius 1 is 0.436 bits per heavy atom. The van der Waals surface area contributed by atoms with Gasteiger partial charge in [-0.2, -0.15) is 0 Å². The van der Waals surface area contributed by atoms with Crippen molar-refractivity contribution in [2.45, 2.75) is 19.3 Å². The Bertz CT molecular complexity index is 2890. The van der Waals surface area contributed by atoms with E-state index in [2.05, 4.69) is 188 Å². The lowest BCUT2D eigenvalue weighted by atomic mass is 9.67. The van der Waals surface area contributed by atoms with Crippen LogP contribution in [0.2, 0.25) is 0 Å². The Morgan fingerprint density at radius 3 is 1.93 bits per heavy atom. The minimum atomic E-state index is -0.558. The third kappa shape index (κ3) is 5.31. The third-order valence-electron chi connectivity index (χ3n) is 11.3. The Morgan fingerprint density at radius 2 is 1.07 bits per heavy atom. The molecule has 2 heterocycles. The molecule has 1 unspecified atom stereocenters. The number of aryl methyl sites for hydroxylation is 2. The van der Waals surface area contributed by atoms with Gasteiger partial charge in [0.05, 0.1) is 16.8 Å². The monoisotopic (exact) mass is 703 g/mol. The van der Waals surface area contributed by atoms with Crippen LogP contribution in [-0.2, 0) is 5.41 Å². The smallest absolute Gasteiger partial charge is 0.126 e. The number of pyridine rings is 1. The average Bonchev–Trinajstić information content (AvgIpc) is 3.55. The molecule has 0 spiro atoms. The molecule has 0 radical (unpaired) electrons. The van der Waals surface area contributed by atoms with Crippen LogP contribution in [0.25, 0.3) is 66.7 Å². The van der Waals surface area contributed by atoms with Gasteiger partial charge in [-0.05, 0) is 98.5 Å². The number of nitrogens with zero attached hydrogens (tertiary/aromatic N) is 3. The molecule has 0 saturated heterocycles. The Kier molecular flexibility index (Phi) is 7.81. The Hall–Kier alpha value is -6.97. The summed E-state index contributed by atoms with van der Waals surface area (Å²) < 4.78 is 0. The summed E-state index contributed by atoms with van der Waals surface area (Å²) in [5, 5.41) is 2.49. The van der Waals surface area contributed by atoms with Crippen molar-refractivity contribution in [2.75, 3.05) is 0 Å². The molecule has 55 heavy (non-hydrogen) atoms. The number of benzene rings is 7. The van der Waals surface area contributed by atoms with Crippen molar-refractivity contribution in [3.05, 3.63) is 222 Å². The standard InChI is InChI=1S/C52H37N3/c1-34-29-30-53-33-46(34)44-22-12-24-48-51(44)45-20-8-9-23-47(45)52(48,40-16-4-3-5-17-40)41-18-10-15-39(31-41)50-32-49(54-35(2)55-50)38-27-25-37(26-28-38)43-21-11-14-36-13-6-7-19-42(36)43/h3-33H,1-2H3. The van der Waals surface area contributed by atoms with Crippen LogP contribution < -0.4 is 0 Å². The van der Waals surface area contributed by atoms with E-state index in [0.29, 0.717) is 0 Å². The van der Waals surface area contributed by atoms with E-state index in [1.165, 1.54) is 66.4 Å². The lowest BCUT2D eigenvalue weighted by molar-refractivity contribution is 0.769. The van der Waals surface area contributed by atoms with Crippen LogP contribution >= 0.6 is 0 Å². The molecule has 0 bridgehead atoms. The topological polar surface area (TPSA) is 38.7 Å². The second-order valence-electron chi connectivity index (χ2n) is 14.5. The van der Waals surface area contributed by atoms with E-state index in [0.717, 1.165) is 33.9 Å². The molecule has 1 atom stereocenters. The summed E-state index contributed by atoms with van der Waals surface area (Å²) in [6.07, 6.45) is 3.88. The SMILES string of the molecule is Cc1nc(-c2ccc(-c3cccc4ccccc34)cc2)cc(-c2cccc(C3(c4ccccc4)c4ccccc4-c4c(-c5cnccc5C)cccc43)c2)n1. The maximum absolute atomic E-state index is 5.03. The largest absolute Gasteiger partial charge is 0.264 e. The van der Waals surface area contributed by atoms with Gasteiger partial charge in [0, 0.05) is 29.1 Å². The summed E-state index contributed by atoms with van der Waals surface area (Å²) in [4.78, 5) is 14.5. The lowest BCUT2D eigenvalue weighted by Crippen LogP contribution is -2.28. The molecular weight excluding hydrogens is 667 g/mol. The van der Waals surface area contributed by atoms with E-state index in [4.69, 9.17) is 9.97 Å². The van der Waals surface area contributed by atoms with Crippen molar-refractivity contribution in [3.63, 3.8) is 0 Å². The van der Waals surface area contributed by atoms with Gasteiger partial charge >= 0.3 is 0 Å². The minimum absolute atomic E-state index is 0.558. The second kappa shape index (κ2) is 13.2. The van der Waals surface area contributed by atoms with E-state index in [9.17, 15) is 0 Å². The molecule has 3 nitrogen and oxygen atoms in total. The lowest BCUT2D eigenvalue weighted by Gasteiger charge is -2.34. The first-order valence-electron chi connectivity index (χ1n) is 18.8. The number of fused-ring (bicyclic) bond motifs is 4. The van der Waals surface area contributed by atoms with E-state index in [1.54, 1.807) is 0 Å². The van der Waals surface area contributed by atoms with Gasteiger partial charge in [-0.1, -0.05) is 158 Å². The fourth-order valence-corrected chi connectivity index (χ4v) is 8.85. The molecule has 0 fully saturated rings. The van der Waals surface area contributed by atoms with Gasteiger partial charge in [0.2, 0.25) is 0 Å². The van der Waals surface area contributed by atoms with Gasteiger partial charge < -0.3 is 0 Å². The molecular formula is C52H37N3. The van der Waals surface area contributed by atoms with Gasteiger partial charge in [0.15, 0.2) is 0 Å². The van der Waals surface area contributed by atoms with E-state index < -0.39 is 5.41 Å². The summed E-state index contributed by atoms with van der Waals surface area (Å²) in [5.74, 6) is 0.738. The average molecular weight is 704 g/mol.